The average molecular weight is 252 g/mol. The maximum absolute atomic E-state index is 13.6. The van der Waals surface area contributed by atoms with E-state index in [1.807, 2.05) is 0 Å². The number of rotatable bonds is 2. The molecule has 0 saturated carbocycles. The number of aliphatic hydroxyl groups is 1. The summed E-state index contributed by atoms with van der Waals surface area (Å²) in [7, 11) is 0. The minimum atomic E-state index is -1.66. The highest BCUT2D eigenvalue weighted by atomic mass is 19.1. The van der Waals surface area contributed by atoms with E-state index in [0.29, 0.717) is 5.56 Å². The Bertz CT molecular complexity index is 561. The summed E-state index contributed by atoms with van der Waals surface area (Å²) in [6.45, 7) is 1.68. The van der Waals surface area contributed by atoms with Crippen molar-refractivity contribution in [3.63, 3.8) is 0 Å². The molecule has 0 amide bonds. The molecule has 1 N–H and O–H groups in total. The van der Waals surface area contributed by atoms with Crippen LogP contribution in [-0.4, -0.2) is 5.11 Å². The van der Waals surface area contributed by atoms with E-state index in [1.54, 1.807) is 13.0 Å². The Morgan fingerprint density at radius 1 is 0.944 bits per heavy atom. The lowest BCUT2D eigenvalue weighted by atomic mass is 9.99. The van der Waals surface area contributed by atoms with Gasteiger partial charge in [0.1, 0.15) is 23.6 Å². The molecule has 94 valence electrons. The van der Waals surface area contributed by atoms with Crippen molar-refractivity contribution in [2.24, 2.45) is 0 Å². The Labute approximate surface area is 103 Å². The van der Waals surface area contributed by atoms with Gasteiger partial charge in [0.15, 0.2) is 0 Å². The zero-order valence-electron chi connectivity index (χ0n) is 9.62. The van der Waals surface area contributed by atoms with Gasteiger partial charge in [0.2, 0.25) is 0 Å². The van der Waals surface area contributed by atoms with Crippen LogP contribution in [0.5, 0.6) is 0 Å². The van der Waals surface area contributed by atoms with Gasteiger partial charge in [-0.1, -0.05) is 18.2 Å². The maximum atomic E-state index is 13.6. The molecule has 1 unspecified atom stereocenters. The van der Waals surface area contributed by atoms with Crippen LogP contribution in [0.25, 0.3) is 0 Å². The van der Waals surface area contributed by atoms with Crippen molar-refractivity contribution >= 4 is 0 Å². The predicted molar refractivity (Wildman–Crippen MR) is 61.6 cm³/mol. The smallest absolute Gasteiger partial charge is 0.132 e. The van der Waals surface area contributed by atoms with Gasteiger partial charge in [-0.2, -0.15) is 0 Å². The number of aryl methyl sites for hydroxylation is 1. The van der Waals surface area contributed by atoms with E-state index in [1.165, 1.54) is 18.2 Å². The summed E-state index contributed by atoms with van der Waals surface area (Å²) in [5.74, 6) is -2.49. The maximum Gasteiger partial charge on any atom is 0.132 e. The highest BCUT2D eigenvalue weighted by Gasteiger charge is 2.22. The molecule has 18 heavy (non-hydrogen) atoms. The average Bonchev–Trinajstić information content (AvgIpc) is 2.28. The SMILES string of the molecule is Cc1ccc(C(O)c2c(F)cccc2F)c(F)c1. The first-order valence-electron chi connectivity index (χ1n) is 5.38. The molecule has 2 aromatic rings. The zero-order chi connectivity index (χ0) is 13.3. The Morgan fingerprint density at radius 2 is 1.56 bits per heavy atom. The van der Waals surface area contributed by atoms with Crippen molar-refractivity contribution in [2.45, 2.75) is 13.0 Å². The molecule has 0 saturated heterocycles. The molecule has 0 heterocycles. The Morgan fingerprint density at radius 3 is 2.11 bits per heavy atom. The lowest BCUT2D eigenvalue weighted by Crippen LogP contribution is -2.07. The van der Waals surface area contributed by atoms with E-state index < -0.39 is 29.1 Å². The topological polar surface area (TPSA) is 20.2 Å². The van der Waals surface area contributed by atoms with Crippen LogP contribution in [0, 0.1) is 24.4 Å². The third-order valence-corrected chi connectivity index (χ3v) is 2.72. The summed E-state index contributed by atoms with van der Waals surface area (Å²) in [4.78, 5) is 0. The van der Waals surface area contributed by atoms with Crippen molar-refractivity contribution < 1.29 is 18.3 Å². The molecule has 0 spiro atoms. The molecule has 0 fully saturated rings. The molecule has 0 bridgehead atoms. The molecular formula is C14H11F3O. The van der Waals surface area contributed by atoms with Crippen LogP contribution >= 0.6 is 0 Å². The number of aliphatic hydroxyl groups excluding tert-OH is 1. The van der Waals surface area contributed by atoms with Crippen LogP contribution in [0.1, 0.15) is 22.8 Å². The fourth-order valence-electron chi connectivity index (χ4n) is 1.78. The van der Waals surface area contributed by atoms with Crippen LogP contribution in [-0.2, 0) is 0 Å². The highest BCUT2D eigenvalue weighted by molar-refractivity contribution is 5.34. The fourth-order valence-corrected chi connectivity index (χ4v) is 1.78. The van der Waals surface area contributed by atoms with Crippen molar-refractivity contribution in [3.05, 3.63) is 70.5 Å². The van der Waals surface area contributed by atoms with E-state index in [9.17, 15) is 18.3 Å². The molecule has 2 rings (SSSR count). The van der Waals surface area contributed by atoms with Crippen molar-refractivity contribution in [2.75, 3.05) is 0 Å². The van der Waals surface area contributed by atoms with Crippen molar-refractivity contribution in [3.8, 4) is 0 Å². The summed E-state index contributed by atoms with van der Waals surface area (Å²) < 4.78 is 40.6. The minimum Gasteiger partial charge on any atom is -0.383 e. The third-order valence-electron chi connectivity index (χ3n) is 2.72. The standard InChI is InChI=1S/C14H11F3O/c1-8-5-6-9(12(17)7-8)14(18)13-10(15)3-2-4-11(13)16/h2-7,14,18H,1H3. The van der Waals surface area contributed by atoms with Crippen molar-refractivity contribution in [1.82, 2.24) is 0 Å². The van der Waals surface area contributed by atoms with E-state index in [4.69, 9.17) is 0 Å². The second-order valence-corrected chi connectivity index (χ2v) is 4.06. The molecular weight excluding hydrogens is 241 g/mol. The lowest BCUT2D eigenvalue weighted by Gasteiger charge is -2.14. The summed E-state index contributed by atoms with van der Waals surface area (Å²) in [5.41, 5.74) is -0.0256. The summed E-state index contributed by atoms with van der Waals surface area (Å²) in [6, 6.07) is 7.33. The van der Waals surface area contributed by atoms with Crippen LogP contribution in [0.15, 0.2) is 36.4 Å². The zero-order valence-corrected chi connectivity index (χ0v) is 9.62. The minimum absolute atomic E-state index is 0.149. The highest BCUT2D eigenvalue weighted by Crippen LogP contribution is 2.28. The van der Waals surface area contributed by atoms with Crippen LogP contribution in [0.4, 0.5) is 13.2 Å². The molecule has 1 nitrogen and oxygen atoms in total. The van der Waals surface area contributed by atoms with Gasteiger partial charge in [0.25, 0.3) is 0 Å². The first-order chi connectivity index (χ1) is 8.50. The Hall–Kier alpha value is -1.81. The van der Waals surface area contributed by atoms with E-state index in [0.717, 1.165) is 12.1 Å². The van der Waals surface area contributed by atoms with Gasteiger partial charge in [-0.15, -0.1) is 0 Å². The molecule has 0 aliphatic carbocycles. The van der Waals surface area contributed by atoms with Gasteiger partial charge in [-0.3, -0.25) is 0 Å². The second-order valence-electron chi connectivity index (χ2n) is 4.06. The normalized spacial score (nSPS) is 12.5. The van der Waals surface area contributed by atoms with Gasteiger partial charge >= 0.3 is 0 Å². The Balaban J connectivity index is 2.51. The molecule has 0 aliphatic rings. The second kappa shape index (κ2) is 4.82. The fraction of sp³-hybridized carbons (Fsp3) is 0.143. The third kappa shape index (κ3) is 2.24. The largest absolute Gasteiger partial charge is 0.383 e. The number of halogens is 3. The number of hydrogen-bond donors (Lipinski definition) is 1. The van der Waals surface area contributed by atoms with Gasteiger partial charge in [0.05, 0.1) is 5.56 Å². The first-order valence-corrected chi connectivity index (χ1v) is 5.38. The summed E-state index contributed by atoms with van der Waals surface area (Å²) in [5, 5.41) is 9.91. The molecule has 0 aromatic heterocycles. The van der Waals surface area contributed by atoms with Crippen LogP contribution in [0.2, 0.25) is 0 Å². The molecule has 4 heteroatoms. The molecule has 2 aromatic carbocycles. The van der Waals surface area contributed by atoms with E-state index in [2.05, 4.69) is 0 Å². The van der Waals surface area contributed by atoms with Gasteiger partial charge in [0, 0.05) is 5.56 Å². The van der Waals surface area contributed by atoms with Crippen LogP contribution < -0.4 is 0 Å². The lowest BCUT2D eigenvalue weighted by molar-refractivity contribution is 0.204. The van der Waals surface area contributed by atoms with Gasteiger partial charge in [-0.05, 0) is 30.7 Å². The predicted octanol–water partition coefficient (Wildman–Crippen LogP) is 3.49. The van der Waals surface area contributed by atoms with Gasteiger partial charge < -0.3 is 5.11 Å². The monoisotopic (exact) mass is 252 g/mol. The Kier molecular flexibility index (Phi) is 3.39. The number of benzene rings is 2. The first kappa shape index (κ1) is 12.6. The van der Waals surface area contributed by atoms with Gasteiger partial charge in [-0.25, -0.2) is 13.2 Å². The molecule has 0 aliphatic heterocycles. The van der Waals surface area contributed by atoms with Crippen LogP contribution in [0.3, 0.4) is 0 Å². The van der Waals surface area contributed by atoms with E-state index >= 15 is 0 Å². The molecule has 0 radical (unpaired) electrons. The van der Waals surface area contributed by atoms with E-state index in [-0.39, 0.29) is 5.56 Å². The summed E-state index contributed by atoms with van der Waals surface area (Å²) >= 11 is 0. The summed E-state index contributed by atoms with van der Waals surface area (Å²) in [6.07, 6.45) is -1.66. The quantitative estimate of drug-likeness (QED) is 0.867. The molecule has 1 atom stereocenters. The number of hydrogen-bond acceptors (Lipinski definition) is 1. The van der Waals surface area contributed by atoms with Crippen molar-refractivity contribution in [1.29, 1.82) is 0 Å².